The summed E-state index contributed by atoms with van der Waals surface area (Å²) in [6.07, 6.45) is 3.79. The molecule has 0 N–H and O–H groups in total. The highest BCUT2D eigenvalue weighted by molar-refractivity contribution is 7.99. The van der Waals surface area contributed by atoms with E-state index in [0.717, 1.165) is 5.75 Å². The van der Waals surface area contributed by atoms with Gasteiger partial charge in [0, 0.05) is 10.6 Å². The summed E-state index contributed by atoms with van der Waals surface area (Å²) in [5.41, 5.74) is 1.20. The summed E-state index contributed by atoms with van der Waals surface area (Å²) in [6, 6.07) is 8.23. The lowest BCUT2D eigenvalue weighted by Gasteiger charge is -2.02. The van der Waals surface area contributed by atoms with Gasteiger partial charge in [-0.2, -0.15) is 0 Å². The normalized spacial score (nSPS) is 9.33. The molecule has 0 saturated carbocycles. The molecule has 0 saturated heterocycles. The van der Waals surface area contributed by atoms with E-state index in [-0.39, 0.29) is 0 Å². The third-order valence-electron chi connectivity index (χ3n) is 1.50. The molecule has 1 aromatic carbocycles. The van der Waals surface area contributed by atoms with E-state index in [0.29, 0.717) is 0 Å². The van der Waals surface area contributed by atoms with Crippen LogP contribution >= 0.6 is 11.8 Å². The van der Waals surface area contributed by atoms with Crippen molar-refractivity contribution in [3.8, 4) is 0 Å². The first-order chi connectivity index (χ1) is 5.88. The van der Waals surface area contributed by atoms with E-state index < -0.39 is 0 Å². The molecule has 0 radical (unpaired) electrons. The fourth-order valence-corrected chi connectivity index (χ4v) is 1.72. The Morgan fingerprint density at radius 3 is 2.67 bits per heavy atom. The van der Waals surface area contributed by atoms with Crippen LogP contribution in [0.25, 0.3) is 6.08 Å². The van der Waals surface area contributed by atoms with Gasteiger partial charge >= 0.3 is 0 Å². The molecular formula is C11H12S. The number of hydrogen-bond donors (Lipinski definition) is 0. The molecule has 0 bridgehead atoms. The Kier molecular flexibility index (Phi) is 3.68. The van der Waals surface area contributed by atoms with Crippen LogP contribution in [0.2, 0.25) is 0 Å². The molecule has 0 nitrogen and oxygen atoms in total. The molecule has 0 unspecified atom stereocenters. The van der Waals surface area contributed by atoms with Crippen molar-refractivity contribution >= 4 is 17.8 Å². The predicted molar refractivity (Wildman–Crippen MR) is 57.5 cm³/mol. The first-order valence-electron chi connectivity index (χ1n) is 3.83. The van der Waals surface area contributed by atoms with E-state index in [4.69, 9.17) is 0 Å². The number of rotatable bonds is 4. The average molecular weight is 176 g/mol. The van der Waals surface area contributed by atoms with Crippen LogP contribution in [0.5, 0.6) is 0 Å². The van der Waals surface area contributed by atoms with Crippen molar-refractivity contribution in [2.45, 2.75) is 4.90 Å². The SMILES string of the molecule is C=CCSc1ccccc1C=C. The van der Waals surface area contributed by atoms with Crippen molar-refractivity contribution < 1.29 is 0 Å². The highest BCUT2D eigenvalue weighted by Gasteiger charge is 1.95. The summed E-state index contributed by atoms with van der Waals surface area (Å²) in [6.45, 7) is 7.45. The van der Waals surface area contributed by atoms with E-state index in [2.05, 4.69) is 25.3 Å². The van der Waals surface area contributed by atoms with Crippen molar-refractivity contribution in [3.05, 3.63) is 49.1 Å². The second-order valence-electron chi connectivity index (χ2n) is 2.34. The fraction of sp³-hybridized carbons (Fsp3) is 0.0909. The minimum absolute atomic E-state index is 0.949. The Hall–Kier alpha value is -0.950. The van der Waals surface area contributed by atoms with E-state index in [1.165, 1.54) is 10.5 Å². The molecule has 0 aliphatic rings. The molecule has 0 amide bonds. The van der Waals surface area contributed by atoms with Gasteiger partial charge in [0.1, 0.15) is 0 Å². The second-order valence-corrected chi connectivity index (χ2v) is 3.40. The third-order valence-corrected chi connectivity index (χ3v) is 2.58. The Labute approximate surface area is 78.0 Å². The summed E-state index contributed by atoms with van der Waals surface area (Å²) in [4.78, 5) is 1.27. The summed E-state index contributed by atoms with van der Waals surface area (Å²) in [7, 11) is 0. The van der Waals surface area contributed by atoms with Gasteiger partial charge < -0.3 is 0 Å². The summed E-state index contributed by atoms with van der Waals surface area (Å²) in [5, 5.41) is 0. The molecule has 1 heteroatoms. The number of benzene rings is 1. The van der Waals surface area contributed by atoms with Crippen LogP contribution in [0, 0.1) is 0 Å². The largest absolute Gasteiger partial charge is 0.121 e. The molecule has 0 aromatic heterocycles. The van der Waals surface area contributed by atoms with Crippen molar-refractivity contribution in [2.24, 2.45) is 0 Å². The maximum atomic E-state index is 3.76. The van der Waals surface area contributed by atoms with Crippen molar-refractivity contribution in [3.63, 3.8) is 0 Å². The van der Waals surface area contributed by atoms with Gasteiger partial charge in [0.05, 0.1) is 0 Å². The van der Waals surface area contributed by atoms with Crippen molar-refractivity contribution in [2.75, 3.05) is 5.75 Å². The Morgan fingerprint density at radius 1 is 1.25 bits per heavy atom. The molecular weight excluding hydrogens is 164 g/mol. The molecule has 0 heterocycles. The molecule has 1 aromatic rings. The smallest absolute Gasteiger partial charge is 0.0158 e. The van der Waals surface area contributed by atoms with Crippen LogP contribution in [0.15, 0.2) is 48.4 Å². The van der Waals surface area contributed by atoms with Gasteiger partial charge in [0.2, 0.25) is 0 Å². The van der Waals surface area contributed by atoms with Crippen LogP contribution in [0.3, 0.4) is 0 Å². The predicted octanol–water partition coefficient (Wildman–Crippen LogP) is 3.61. The lowest BCUT2D eigenvalue weighted by molar-refractivity contribution is 1.42. The van der Waals surface area contributed by atoms with Gasteiger partial charge in [-0.05, 0) is 11.6 Å². The van der Waals surface area contributed by atoms with Crippen LogP contribution in [0.1, 0.15) is 5.56 Å². The van der Waals surface area contributed by atoms with E-state index in [1.807, 2.05) is 24.3 Å². The fourth-order valence-electron chi connectivity index (χ4n) is 0.929. The molecule has 0 fully saturated rings. The van der Waals surface area contributed by atoms with Crippen molar-refractivity contribution in [1.82, 2.24) is 0 Å². The van der Waals surface area contributed by atoms with Gasteiger partial charge in [-0.3, -0.25) is 0 Å². The van der Waals surface area contributed by atoms with Gasteiger partial charge in [0.25, 0.3) is 0 Å². The van der Waals surface area contributed by atoms with Gasteiger partial charge in [-0.25, -0.2) is 0 Å². The first-order valence-corrected chi connectivity index (χ1v) is 4.82. The monoisotopic (exact) mass is 176 g/mol. The standard InChI is InChI=1S/C11H12S/c1-3-9-12-11-8-6-5-7-10(11)4-2/h3-8H,1-2,9H2. The van der Waals surface area contributed by atoms with Crippen LogP contribution < -0.4 is 0 Å². The maximum absolute atomic E-state index is 3.76. The quantitative estimate of drug-likeness (QED) is 0.499. The third kappa shape index (κ3) is 2.28. The molecule has 0 spiro atoms. The Balaban J connectivity index is 2.81. The van der Waals surface area contributed by atoms with Crippen molar-refractivity contribution in [1.29, 1.82) is 0 Å². The zero-order chi connectivity index (χ0) is 8.81. The number of hydrogen-bond acceptors (Lipinski definition) is 1. The minimum atomic E-state index is 0.949. The molecule has 0 aliphatic carbocycles. The highest BCUT2D eigenvalue weighted by atomic mass is 32.2. The lowest BCUT2D eigenvalue weighted by atomic mass is 10.2. The van der Waals surface area contributed by atoms with Crippen LogP contribution in [0.4, 0.5) is 0 Å². The molecule has 12 heavy (non-hydrogen) atoms. The minimum Gasteiger partial charge on any atom is -0.121 e. The van der Waals surface area contributed by atoms with E-state index >= 15 is 0 Å². The highest BCUT2D eigenvalue weighted by Crippen LogP contribution is 2.22. The maximum Gasteiger partial charge on any atom is 0.0158 e. The Morgan fingerprint density at radius 2 is 2.00 bits per heavy atom. The zero-order valence-electron chi connectivity index (χ0n) is 6.99. The summed E-state index contributed by atoms with van der Waals surface area (Å²) < 4.78 is 0. The Bertz CT molecular complexity index is 276. The topological polar surface area (TPSA) is 0 Å². The molecule has 0 aliphatic heterocycles. The van der Waals surface area contributed by atoms with Crippen LogP contribution in [-0.4, -0.2) is 5.75 Å². The molecule has 0 atom stereocenters. The molecule has 1 rings (SSSR count). The number of thioether (sulfide) groups is 1. The van der Waals surface area contributed by atoms with E-state index in [9.17, 15) is 0 Å². The first kappa shape index (κ1) is 9.14. The summed E-state index contributed by atoms with van der Waals surface area (Å²) >= 11 is 1.78. The summed E-state index contributed by atoms with van der Waals surface area (Å²) in [5.74, 6) is 0.949. The van der Waals surface area contributed by atoms with Gasteiger partial charge in [0.15, 0.2) is 0 Å². The lowest BCUT2D eigenvalue weighted by Crippen LogP contribution is -1.78. The van der Waals surface area contributed by atoms with E-state index in [1.54, 1.807) is 11.8 Å². The zero-order valence-corrected chi connectivity index (χ0v) is 7.81. The average Bonchev–Trinajstić information content (AvgIpc) is 2.15. The second kappa shape index (κ2) is 4.83. The van der Waals surface area contributed by atoms with Crippen LogP contribution in [-0.2, 0) is 0 Å². The van der Waals surface area contributed by atoms with Gasteiger partial charge in [-0.15, -0.1) is 18.3 Å². The van der Waals surface area contributed by atoms with Gasteiger partial charge in [-0.1, -0.05) is 36.9 Å². The molecule has 62 valence electrons.